The van der Waals surface area contributed by atoms with E-state index < -0.39 is 0 Å². The van der Waals surface area contributed by atoms with Crippen LogP contribution in [0.3, 0.4) is 0 Å². The molecular formula is C19H22N4O4. The van der Waals surface area contributed by atoms with Crippen LogP contribution in [0.1, 0.15) is 27.8 Å². The van der Waals surface area contributed by atoms with Crippen LogP contribution >= 0.6 is 0 Å². The monoisotopic (exact) mass is 370 g/mol. The van der Waals surface area contributed by atoms with Gasteiger partial charge in [-0.15, -0.1) is 0 Å². The Morgan fingerprint density at radius 3 is 2.67 bits per heavy atom. The lowest BCUT2D eigenvalue weighted by atomic mass is 10.1. The number of furan rings is 1. The number of amides is 1. The Hall–Kier alpha value is -2.87. The van der Waals surface area contributed by atoms with Crippen molar-refractivity contribution in [1.29, 1.82) is 0 Å². The summed E-state index contributed by atoms with van der Waals surface area (Å²) in [6.07, 6.45) is 0. The maximum Gasteiger partial charge on any atom is 0.289 e. The minimum absolute atomic E-state index is 0.0716. The molecule has 4 rings (SSSR count). The van der Waals surface area contributed by atoms with Crippen molar-refractivity contribution in [3.8, 4) is 5.75 Å². The molecule has 0 atom stereocenters. The van der Waals surface area contributed by atoms with Gasteiger partial charge in [-0.05, 0) is 19.1 Å². The third kappa shape index (κ3) is 3.40. The summed E-state index contributed by atoms with van der Waals surface area (Å²) in [7, 11) is 1.61. The summed E-state index contributed by atoms with van der Waals surface area (Å²) in [4.78, 5) is 21.2. The lowest BCUT2D eigenvalue weighted by Gasteiger charge is -2.33. The van der Waals surface area contributed by atoms with Crippen LogP contribution in [-0.2, 0) is 6.54 Å². The van der Waals surface area contributed by atoms with E-state index >= 15 is 0 Å². The first-order chi connectivity index (χ1) is 13.0. The molecule has 27 heavy (non-hydrogen) atoms. The minimum Gasteiger partial charge on any atom is -0.497 e. The van der Waals surface area contributed by atoms with Crippen LogP contribution in [0.4, 0.5) is 0 Å². The second-order valence-corrected chi connectivity index (χ2v) is 6.72. The second-order valence-electron chi connectivity index (χ2n) is 6.72. The van der Waals surface area contributed by atoms with Crippen molar-refractivity contribution in [3.05, 3.63) is 41.2 Å². The summed E-state index contributed by atoms with van der Waals surface area (Å²) in [5.41, 5.74) is 1.53. The highest BCUT2D eigenvalue weighted by Crippen LogP contribution is 2.29. The largest absolute Gasteiger partial charge is 0.497 e. The first-order valence-corrected chi connectivity index (χ1v) is 8.93. The van der Waals surface area contributed by atoms with E-state index in [2.05, 4.69) is 15.0 Å². The Bertz CT molecular complexity index is 969. The Kier molecular flexibility index (Phi) is 4.57. The van der Waals surface area contributed by atoms with Crippen molar-refractivity contribution >= 4 is 16.9 Å². The summed E-state index contributed by atoms with van der Waals surface area (Å²) in [6, 6.07) is 5.61. The van der Waals surface area contributed by atoms with E-state index in [-0.39, 0.29) is 5.91 Å². The highest BCUT2D eigenvalue weighted by Gasteiger charge is 2.27. The molecule has 0 aliphatic carbocycles. The number of fused-ring (bicyclic) bond motifs is 1. The summed E-state index contributed by atoms with van der Waals surface area (Å²) >= 11 is 0. The van der Waals surface area contributed by atoms with Crippen molar-refractivity contribution in [2.45, 2.75) is 20.4 Å². The molecule has 8 nitrogen and oxygen atoms in total. The third-order valence-electron chi connectivity index (χ3n) is 4.93. The molecule has 0 saturated carbocycles. The van der Waals surface area contributed by atoms with Crippen LogP contribution in [0.5, 0.6) is 5.75 Å². The second kappa shape index (κ2) is 7.03. The molecule has 1 aliphatic heterocycles. The van der Waals surface area contributed by atoms with E-state index in [9.17, 15) is 4.79 Å². The van der Waals surface area contributed by atoms with Gasteiger partial charge in [-0.25, -0.2) is 0 Å². The number of hydrogen-bond donors (Lipinski definition) is 0. The first kappa shape index (κ1) is 17.5. The number of ether oxygens (including phenoxy) is 1. The SMILES string of the molecule is COc1ccc2c(C)c(C(=O)N3CCN(Cc4noc(C)n4)CC3)oc2c1. The molecule has 1 aliphatic rings. The Balaban J connectivity index is 1.44. The van der Waals surface area contributed by atoms with E-state index in [1.807, 2.05) is 30.0 Å². The van der Waals surface area contributed by atoms with Gasteiger partial charge in [0, 0.05) is 50.1 Å². The summed E-state index contributed by atoms with van der Waals surface area (Å²) < 4.78 is 16.1. The summed E-state index contributed by atoms with van der Waals surface area (Å²) in [5.74, 6) is 2.28. The lowest BCUT2D eigenvalue weighted by Crippen LogP contribution is -2.48. The standard InChI is InChI=1S/C19H22N4O4/c1-12-15-5-4-14(25-3)10-16(15)26-18(12)19(24)23-8-6-22(7-9-23)11-17-20-13(2)27-21-17/h4-5,10H,6-9,11H2,1-3H3. The molecule has 3 heterocycles. The Labute approximate surface area is 156 Å². The minimum atomic E-state index is -0.0716. The number of carbonyl (C=O) groups excluding carboxylic acids is 1. The molecule has 8 heteroatoms. The number of hydrogen-bond acceptors (Lipinski definition) is 7. The highest BCUT2D eigenvalue weighted by atomic mass is 16.5. The molecule has 142 valence electrons. The number of rotatable bonds is 4. The molecule has 0 spiro atoms. The van der Waals surface area contributed by atoms with Gasteiger partial charge in [0.25, 0.3) is 5.91 Å². The van der Waals surface area contributed by atoms with Crippen LogP contribution < -0.4 is 4.74 Å². The van der Waals surface area contributed by atoms with Crippen molar-refractivity contribution in [2.24, 2.45) is 0 Å². The first-order valence-electron chi connectivity index (χ1n) is 8.93. The van der Waals surface area contributed by atoms with Crippen LogP contribution in [-0.4, -0.2) is 59.1 Å². The maximum atomic E-state index is 13.0. The molecule has 1 saturated heterocycles. The molecular weight excluding hydrogens is 348 g/mol. The van der Waals surface area contributed by atoms with E-state index in [0.717, 1.165) is 24.0 Å². The molecule has 0 N–H and O–H groups in total. The van der Waals surface area contributed by atoms with Crippen molar-refractivity contribution in [2.75, 3.05) is 33.3 Å². The Morgan fingerprint density at radius 2 is 2.00 bits per heavy atom. The van der Waals surface area contributed by atoms with Crippen LogP contribution in [0.15, 0.2) is 27.1 Å². The van der Waals surface area contributed by atoms with Gasteiger partial charge >= 0.3 is 0 Å². The van der Waals surface area contributed by atoms with Gasteiger partial charge < -0.3 is 18.6 Å². The van der Waals surface area contributed by atoms with Crippen LogP contribution in [0.2, 0.25) is 0 Å². The van der Waals surface area contributed by atoms with Crippen LogP contribution in [0, 0.1) is 13.8 Å². The molecule has 1 aromatic carbocycles. The Morgan fingerprint density at radius 1 is 1.22 bits per heavy atom. The highest BCUT2D eigenvalue weighted by molar-refractivity contribution is 5.99. The van der Waals surface area contributed by atoms with Crippen molar-refractivity contribution < 1.29 is 18.5 Å². The van der Waals surface area contributed by atoms with Crippen molar-refractivity contribution in [1.82, 2.24) is 19.9 Å². The van der Waals surface area contributed by atoms with E-state index in [0.29, 0.717) is 48.4 Å². The quantitative estimate of drug-likeness (QED) is 0.697. The zero-order valence-corrected chi connectivity index (χ0v) is 15.7. The number of methoxy groups -OCH3 is 1. The van der Waals surface area contributed by atoms with E-state index in [4.69, 9.17) is 13.7 Å². The van der Waals surface area contributed by atoms with Gasteiger partial charge in [-0.3, -0.25) is 9.69 Å². The fourth-order valence-corrected chi connectivity index (χ4v) is 3.39. The topological polar surface area (TPSA) is 84.8 Å². The van der Waals surface area contributed by atoms with Gasteiger partial charge in [-0.1, -0.05) is 5.16 Å². The fraction of sp³-hybridized carbons (Fsp3) is 0.421. The number of benzene rings is 1. The maximum absolute atomic E-state index is 13.0. The number of nitrogens with zero attached hydrogens (tertiary/aromatic N) is 4. The van der Waals surface area contributed by atoms with Gasteiger partial charge in [0.05, 0.1) is 13.7 Å². The van der Waals surface area contributed by atoms with Crippen LogP contribution in [0.25, 0.3) is 11.0 Å². The van der Waals surface area contributed by atoms with Gasteiger partial charge in [0.1, 0.15) is 11.3 Å². The molecule has 1 fully saturated rings. The fourth-order valence-electron chi connectivity index (χ4n) is 3.39. The zero-order valence-electron chi connectivity index (χ0n) is 15.7. The van der Waals surface area contributed by atoms with Crippen molar-refractivity contribution in [3.63, 3.8) is 0 Å². The van der Waals surface area contributed by atoms with Gasteiger partial charge in [0.2, 0.25) is 5.89 Å². The summed E-state index contributed by atoms with van der Waals surface area (Å²) in [6.45, 7) is 7.10. The van der Waals surface area contributed by atoms with Gasteiger partial charge in [0.15, 0.2) is 11.6 Å². The summed E-state index contributed by atoms with van der Waals surface area (Å²) in [5, 5.41) is 4.86. The molecule has 0 bridgehead atoms. The van der Waals surface area contributed by atoms with E-state index in [1.165, 1.54) is 0 Å². The average molecular weight is 370 g/mol. The molecule has 1 amide bonds. The molecule has 0 unspecified atom stereocenters. The smallest absolute Gasteiger partial charge is 0.289 e. The number of piperazine rings is 1. The number of carbonyl (C=O) groups is 1. The third-order valence-corrected chi connectivity index (χ3v) is 4.93. The normalized spacial score (nSPS) is 15.4. The molecule has 3 aromatic rings. The number of aryl methyl sites for hydroxylation is 2. The average Bonchev–Trinajstić information content (AvgIpc) is 3.24. The predicted molar refractivity (Wildman–Crippen MR) is 97.7 cm³/mol. The van der Waals surface area contributed by atoms with E-state index in [1.54, 1.807) is 14.0 Å². The molecule has 0 radical (unpaired) electrons. The molecule has 2 aromatic heterocycles. The zero-order chi connectivity index (χ0) is 19.0. The predicted octanol–water partition coefficient (Wildman–Crippen LogP) is 2.40. The number of aromatic nitrogens is 2. The van der Waals surface area contributed by atoms with Gasteiger partial charge in [-0.2, -0.15) is 4.98 Å². The lowest BCUT2D eigenvalue weighted by molar-refractivity contribution is 0.0595.